The molecule has 2 aliphatic rings. The summed E-state index contributed by atoms with van der Waals surface area (Å²) in [4.78, 5) is 0. The van der Waals surface area contributed by atoms with Crippen LogP contribution in [0.3, 0.4) is 0 Å². The Morgan fingerprint density at radius 3 is 2.67 bits per heavy atom. The number of hydrogen-bond donors (Lipinski definition) is 2. The molecule has 3 nitrogen and oxygen atoms in total. The summed E-state index contributed by atoms with van der Waals surface area (Å²) < 4.78 is 5.51. The van der Waals surface area contributed by atoms with Gasteiger partial charge in [0.15, 0.2) is 0 Å². The van der Waals surface area contributed by atoms with E-state index in [0.717, 1.165) is 12.8 Å². The van der Waals surface area contributed by atoms with Crippen LogP contribution >= 0.6 is 0 Å². The van der Waals surface area contributed by atoms with Crippen LogP contribution in [0.5, 0.6) is 0 Å². The van der Waals surface area contributed by atoms with Crippen LogP contribution in [-0.2, 0) is 4.74 Å². The van der Waals surface area contributed by atoms with Crippen LogP contribution in [0.4, 0.5) is 0 Å². The van der Waals surface area contributed by atoms with Crippen molar-refractivity contribution in [2.75, 3.05) is 6.61 Å². The van der Waals surface area contributed by atoms with E-state index in [1.165, 1.54) is 12.8 Å². The second kappa shape index (κ2) is 3.36. The van der Waals surface area contributed by atoms with Gasteiger partial charge in [0.1, 0.15) is 0 Å². The molecule has 12 heavy (non-hydrogen) atoms. The average molecular weight is 170 g/mol. The first-order valence-electron chi connectivity index (χ1n) is 4.77. The second-order valence-corrected chi connectivity index (χ2v) is 3.90. The summed E-state index contributed by atoms with van der Waals surface area (Å²) in [5.74, 6) is 0.369. The van der Waals surface area contributed by atoms with Crippen molar-refractivity contribution in [1.29, 1.82) is 0 Å². The van der Waals surface area contributed by atoms with Gasteiger partial charge in [0.25, 0.3) is 0 Å². The molecule has 2 N–H and O–H groups in total. The Kier molecular flexibility index (Phi) is 2.39. The molecule has 0 spiro atoms. The predicted molar refractivity (Wildman–Crippen MR) is 45.6 cm³/mol. The van der Waals surface area contributed by atoms with Crippen LogP contribution in [0.25, 0.3) is 0 Å². The van der Waals surface area contributed by atoms with E-state index >= 15 is 0 Å². The molecule has 2 fully saturated rings. The van der Waals surface area contributed by atoms with Gasteiger partial charge in [0.2, 0.25) is 0 Å². The molecule has 1 heterocycles. The molecule has 0 aromatic carbocycles. The zero-order valence-electron chi connectivity index (χ0n) is 7.15. The van der Waals surface area contributed by atoms with Crippen molar-refractivity contribution in [2.24, 2.45) is 5.92 Å². The summed E-state index contributed by atoms with van der Waals surface area (Å²) in [6.07, 6.45) is 4.97. The summed E-state index contributed by atoms with van der Waals surface area (Å²) in [7, 11) is -1.18. The highest BCUT2D eigenvalue weighted by Gasteiger charge is 2.43. The summed E-state index contributed by atoms with van der Waals surface area (Å²) in [6, 6.07) is 0. The molecular weight excluding hydrogens is 155 g/mol. The van der Waals surface area contributed by atoms with Crippen LogP contribution in [0.2, 0.25) is 5.82 Å². The molecule has 3 atom stereocenters. The molecular formula is C8H15BO3. The van der Waals surface area contributed by atoms with Crippen LogP contribution in [0.15, 0.2) is 0 Å². The lowest BCUT2D eigenvalue weighted by molar-refractivity contribution is 0.0663. The van der Waals surface area contributed by atoms with Gasteiger partial charge in [0.05, 0.1) is 6.10 Å². The summed E-state index contributed by atoms with van der Waals surface area (Å²) in [6.45, 7) is 0.535. The van der Waals surface area contributed by atoms with E-state index in [0.29, 0.717) is 18.6 Å². The fourth-order valence-electron chi connectivity index (χ4n) is 2.49. The molecule has 0 bridgehead atoms. The molecule has 4 heteroatoms. The van der Waals surface area contributed by atoms with Gasteiger partial charge in [-0.3, -0.25) is 0 Å². The predicted octanol–water partition coefficient (Wildman–Crippen LogP) is 0.418. The lowest BCUT2D eigenvalue weighted by atomic mass is 9.63. The van der Waals surface area contributed by atoms with E-state index in [-0.39, 0.29) is 5.82 Å². The van der Waals surface area contributed by atoms with Crippen LogP contribution in [-0.4, -0.2) is 29.9 Å². The molecule has 1 saturated carbocycles. The molecule has 68 valence electrons. The first-order valence-corrected chi connectivity index (χ1v) is 4.77. The van der Waals surface area contributed by atoms with Crippen molar-refractivity contribution >= 4 is 7.12 Å². The highest BCUT2D eigenvalue weighted by molar-refractivity contribution is 6.43. The fourth-order valence-corrected chi connectivity index (χ4v) is 2.49. The molecule has 0 radical (unpaired) electrons. The Bertz CT molecular complexity index is 162. The van der Waals surface area contributed by atoms with Crippen molar-refractivity contribution < 1.29 is 14.8 Å². The second-order valence-electron chi connectivity index (χ2n) is 3.90. The standard InChI is InChI=1S/C8H15BO3/c10-9(11)7-5-12-8-4-2-1-3-6(7)8/h6-8,10-11H,1-5H2. The third-order valence-corrected chi connectivity index (χ3v) is 3.19. The maximum Gasteiger partial charge on any atom is 0.457 e. The number of hydrogen-bond acceptors (Lipinski definition) is 3. The van der Waals surface area contributed by atoms with E-state index < -0.39 is 7.12 Å². The van der Waals surface area contributed by atoms with Gasteiger partial charge < -0.3 is 14.8 Å². The van der Waals surface area contributed by atoms with Crippen molar-refractivity contribution in [3.8, 4) is 0 Å². The Labute approximate surface area is 72.9 Å². The van der Waals surface area contributed by atoms with E-state index in [9.17, 15) is 0 Å². The van der Waals surface area contributed by atoms with Gasteiger partial charge in [-0.15, -0.1) is 0 Å². The first-order chi connectivity index (χ1) is 5.79. The monoisotopic (exact) mass is 170 g/mol. The van der Waals surface area contributed by atoms with Crippen molar-refractivity contribution in [3.05, 3.63) is 0 Å². The minimum atomic E-state index is -1.18. The zero-order valence-corrected chi connectivity index (χ0v) is 7.15. The number of rotatable bonds is 1. The Hall–Kier alpha value is -0.0551. The minimum absolute atomic E-state index is 0.0321. The van der Waals surface area contributed by atoms with Gasteiger partial charge in [-0.2, -0.15) is 0 Å². The zero-order chi connectivity index (χ0) is 8.55. The van der Waals surface area contributed by atoms with Crippen molar-refractivity contribution in [2.45, 2.75) is 37.6 Å². The third-order valence-electron chi connectivity index (χ3n) is 3.19. The van der Waals surface area contributed by atoms with Gasteiger partial charge in [-0.05, 0) is 18.8 Å². The number of ether oxygens (including phenoxy) is 1. The third kappa shape index (κ3) is 1.39. The van der Waals surface area contributed by atoms with Crippen LogP contribution in [0.1, 0.15) is 25.7 Å². The molecule has 0 aromatic heterocycles. The van der Waals surface area contributed by atoms with Crippen molar-refractivity contribution in [3.63, 3.8) is 0 Å². The fraction of sp³-hybridized carbons (Fsp3) is 1.00. The minimum Gasteiger partial charge on any atom is -0.427 e. The Balaban J connectivity index is 2.01. The van der Waals surface area contributed by atoms with Crippen LogP contribution in [0, 0.1) is 5.92 Å². The average Bonchev–Trinajstić information content (AvgIpc) is 2.47. The van der Waals surface area contributed by atoms with Gasteiger partial charge >= 0.3 is 7.12 Å². The summed E-state index contributed by atoms with van der Waals surface area (Å²) in [5, 5.41) is 18.1. The molecule has 1 aliphatic carbocycles. The SMILES string of the molecule is OB(O)C1COC2CCCCC21. The molecule has 0 amide bonds. The van der Waals surface area contributed by atoms with Gasteiger partial charge in [-0.25, -0.2) is 0 Å². The first kappa shape index (κ1) is 8.54. The van der Waals surface area contributed by atoms with E-state index in [4.69, 9.17) is 14.8 Å². The Morgan fingerprint density at radius 1 is 1.17 bits per heavy atom. The summed E-state index contributed by atoms with van der Waals surface area (Å²) >= 11 is 0. The van der Waals surface area contributed by atoms with E-state index in [1.54, 1.807) is 0 Å². The van der Waals surface area contributed by atoms with E-state index in [1.807, 2.05) is 0 Å². The van der Waals surface area contributed by atoms with Crippen LogP contribution < -0.4 is 0 Å². The quantitative estimate of drug-likeness (QED) is 0.560. The smallest absolute Gasteiger partial charge is 0.427 e. The topological polar surface area (TPSA) is 49.7 Å². The Morgan fingerprint density at radius 2 is 1.92 bits per heavy atom. The molecule has 3 unspecified atom stereocenters. The summed E-state index contributed by atoms with van der Waals surface area (Å²) in [5.41, 5.74) is 0. The van der Waals surface area contributed by atoms with Crippen molar-refractivity contribution in [1.82, 2.24) is 0 Å². The lowest BCUT2D eigenvalue weighted by Gasteiger charge is -2.26. The maximum absolute atomic E-state index is 9.07. The normalized spacial score (nSPS) is 41.0. The molecule has 0 aromatic rings. The highest BCUT2D eigenvalue weighted by atomic mass is 16.5. The molecule has 1 aliphatic heterocycles. The number of fused-ring (bicyclic) bond motifs is 1. The lowest BCUT2D eigenvalue weighted by Crippen LogP contribution is -2.30. The van der Waals surface area contributed by atoms with Gasteiger partial charge in [0, 0.05) is 12.4 Å². The molecule has 1 saturated heterocycles. The van der Waals surface area contributed by atoms with Gasteiger partial charge in [-0.1, -0.05) is 12.8 Å². The largest absolute Gasteiger partial charge is 0.457 e. The van der Waals surface area contributed by atoms with E-state index in [2.05, 4.69) is 0 Å². The highest BCUT2D eigenvalue weighted by Crippen LogP contribution is 2.41. The maximum atomic E-state index is 9.07. The molecule has 2 rings (SSSR count).